The van der Waals surface area contributed by atoms with Gasteiger partial charge in [0.1, 0.15) is 0 Å². The van der Waals surface area contributed by atoms with Gasteiger partial charge in [0.15, 0.2) is 17.5 Å². The summed E-state index contributed by atoms with van der Waals surface area (Å²) in [5, 5.41) is 2.33. The molecule has 272 valence electrons. The minimum absolute atomic E-state index is 0.636. The summed E-state index contributed by atoms with van der Waals surface area (Å²) >= 11 is 0. The zero-order valence-corrected chi connectivity index (χ0v) is 31.7. The van der Waals surface area contributed by atoms with Gasteiger partial charge in [-0.2, -0.15) is 0 Å². The van der Waals surface area contributed by atoms with Crippen molar-refractivity contribution in [2.45, 2.75) is 0 Å². The van der Waals surface area contributed by atoms with Gasteiger partial charge in [0.25, 0.3) is 0 Å². The van der Waals surface area contributed by atoms with E-state index in [0.717, 1.165) is 44.3 Å². The molecule has 0 aliphatic carbocycles. The summed E-state index contributed by atoms with van der Waals surface area (Å²) in [4.78, 5) is 15.1. The van der Waals surface area contributed by atoms with Crippen LogP contribution in [-0.2, 0) is 0 Å². The Morgan fingerprint density at radius 2 is 0.483 bits per heavy atom. The predicted molar refractivity (Wildman–Crippen MR) is 241 cm³/mol. The van der Waals surface area contributed by atoms with Crippen LogP contribution in [0.5, 0.6) is 0 Å². The fourth-order valence-electron chi connectivity index (χ4n) is 7.64. The van der Waals surface area contributed by atoms with E-state index in [1.165, 1.54) is 38.8 Å². The van der Waals surface area contributed by atoms with Gasteiger partial charge in [-0.15, -0.1) is 0 Å². The van der Waals surface area contributed by atoms with Crippen molar-refractivity contribution in [3.63, 3.8) is 0 Å². The smallest absolute Gasteiger partial charge is 0.164 e. The number of rotatable bonds is 8. The molecular formula is C55H37N3. The molecular weight excluding hydrogens is 703 g/mol. The fraction of sp³-hybridized carbons (Fsp3) is 0. The van der Waals surface area contributed by atoms with Crippen LogP contribution in [0.2, 0.25) is 0 Å². The Morgan fingerprint density at radius 1 is 0.172 bits per heavy atom. The molecule has 0 aliphatic heterocycles. The fourth-order valence-corrected chi connectivity index (χ4v) is 7.64. The van der Waals surface area contributed by atoms with Gasteiger partial charge in [0.05, 0.1) is 0 Å². The molecule has 1 heterocycles. The molecule has 9 aromatic carbocycles. The number of hydrogen-bond donors (Lipinski definition) is 0. The van der Waals surface area contributed by atoms with Crippen LogP contribution in [0.1, 0.15) is 0 Å². The molecule has 0 bridgehead atoms. The SMILES string of the molecule is c1ccc(-c2cc(-c3ccccc3)cc(-c3ccc(-c4cccc(-c5cccc(-c6nc(-c7ccccc7)nc(-c7ccc8ccccc8c7)n6)c5)c4)cc3)c2)cc1. The molecule has 0 aliphatic rings. The molecule has 0 N–H and O–H groups in total. The molecule has 3 nitrogen and oxygen atoms in total. The highest BCUT2D eigenvalue weighted by molar-refractivity contribution is 5.87. The molecule has 58 heavy (non-hydrogen) atoms. The first-order valence-corrected chi connectivity index (χ1v) is 19.6. The Bertz CT molecular complexity index is 2970. The lowest BCUT2D eigenvalue weighted by molar-refractivity contribution is 1.07. The van der Waals surface area contributed by atoms with Crippen molar-refractivity contribution in [2.24, 2.45) is 0 Å². The Morgan fingerprint density at radius 3 is 1.02 bits per heavy atom. The first-order valence-electron chi connectivity index (χ1n) is 19.6. The molecule has 0 spiro atoms. The monoisotopic (exact) mass is 739 g/mol. The topological polar surface area (TPSA) is 38.7 Å². The Labute approximate surface area is 338 Å². The summed E-state index contributed by atoms with van der Waals surface area (Å²) in [6.07, 6.45) is 0. The zero-order valence-electron chi connectivity index (χ0n) is 31.7. The molecule has 3 heteroatoms. The lowest BCUT2D eigenvalue weighted by Gasteiger charge is -2.12. The van der Waals surface area contributed by atoms with E-state index in [0.29, 0.717) is 17.5 Å². The molecule has 1 aromatic heterocycles. The van der Waals surface area contributed by atoms with Crippen LogP contribution >= 0.6 is 0 Å². The first-order chi connectivity index (χ1) is 28.7. The van der Waals surface area contributed by atoms with Gasteiger partial charge in [-0.25, -0.2) is 15.0 Å². The maximum Gasteiger partial charge on any atom is 0.164 e. The normalized spacial score (nSPS) is 11.1. The van der Waals surface area contributed by atoms with Crippen molar-refractivity contribution in [3.05, 3.63) is 224 Å². The minimum Gasteiger partial charge on any atom is -0.208 e. The average Bonchev–Trinajstić information content (AvgIpc) is 3.32. The zero-order chi connectivity index (χ0) is 38.7. The summed E-state index contributed by atoms with van der Waals surface area (Å²) in [5.74, 6) is 1.93. The highest BCUT2D eigenvalue weighted by Crippen LogP contribution is 2.35. The van der Waals surface area contributed by atoms with Gasteiger partial charge < -0.3 is 0 Å². The summed E-state index contributed by atoms with van der Waals surface area (Å²) < 4.78 is 0. The van der Waals surface area contributed by atoms with E-state index >= 15 is 0 Å². The van der Waals surface area contributed by atoms with Gasteiger partial charge in [-0.3, -0.25) is 0 Å². The number of nitrogens with zero attached hydrogens (tertiary/aromatic N) is 3. The summed E-state index contributed by atoms with van der Waals surface area (Å²) in [6.45, 7) is 0. The van der Waals surface area contributed by atoms with E-state index in [2.05, 4.69) is 194 Å². The Kier molecular flexibility index (Phi) is 9.23. The quantitative estimate of drug-likeness (QED) is 0.156. The third kappa shape index (κ3) is 7.21. The number of benzene rings is 9. The van der Waals surface area contributed by atoms with Crippen molar-refractivity contribution in [3.8, 4) is 89.8 Å². The second-order valence-electron chi connectivity index (χ2n) is 14.5. The van der Waals surface area contributed by atoms with Crippen LogP contribution in [0.15, 0.2) is 224 Å². The van der Waals surface area contributed by atoms with Crippen LogP contribution in [0.3, 0.4) is 0 Å². The van der Waals surface area contributed by atoms with Crippen molar-refractivity contribution in [1.29, 1.82) is 0 Å². The van der Waals surface area contributed by atoms with Crippen LogP contribution in [0.4, 0.5) is 0 Å². The van der Waals surface area contributed by atoms with Crippen LogP contribution in [0, 0.1) is 0 Å². The molecule has 0 radical (unpaired) electrons. The molecule has 0 fully saturated rings. The first kappa shape index (κ1) is 34.7. The number of aromatic nitrogens is 3. The molecule has 10 rings (SSSR count). The van der Waals surface area contributed by atoms with Gasteiger partial charge in [0.2, 0.25) is 0 Å². The van der Waals surface area contributed by atoms with Crippen molar-refractivity contribution in [2.75, 3.05) is 0 Å². The highest BCUT2D eigenvalue weighted by atomic mass is 15.0. The maximum atomic E-state index is 5.06. The van der Waals surface area contributed by atoms with Crippen molar-refractivity contribution < 1.29 is 0 Å². The number of hydrogen-bond acceptors (Lipinski definition) is 3. The lowest BCUT2D eigenvalue weighted by atomic mass is 9.92. The second-order valence-corrected chi connectivity index (χ2v) is 14.5. The van der Waals surface area contributed by atoms with E-state index < -0.39 is 0 Å². The van der Waals surface area contributed by atoms with Crippen LogP contribution < -0.4 is 0 Å². The predicted octanol–water partition coefficient (Wildman–Crippen LogP) is 14.4. The Balaban J connectivity index is 0.980. The van der Waals surface area contributed by atoms with Gasteiger partial charge >= 0.3 is 0 Å². The van der Waals surface area contributed by atoms with E-state index in [1.807, 2.05) is 30.3 Å². The Hall–Kier alpha value is -7.75. The highest BCUT2D eigenvalue weighted by Gasteiger charge is 2.14. The van der Waals surface area contributed by atoms with Crippen LogP contribution in [-0.4, -0.2) is 15.0 Å². The molecule has 0 atom stereocenters. The van der Waals surface area contributed by atoms with Gasteiger partial charge in [-0.1, -0.05) is 188 Å². The summed E-state index contributed by atoms with van der Waals surface area (Å²) in [5.41, 5.74) is 14.6. The molecule has 0 amide bonds. The summed E-state index contributed by atoms with van der Waals surface area (Å²) in [7, 11) is 0. The van der Waals surface area contributed by atoms with E-state index in [1.54, 1.807) is 0 Å². The molecule has 0 saturated heterocycles. The third-order valence-corrected chi connectivity index (χ3v) is 10.7. The van der Waals surface area contributed by atoms with E-state index in [-0.39, 0.29) is 0 Å². The third-order valence-electron chi connectivity index (χ3n) is 10.7. The average molecular weight is 740 g/mol. The van der Waals surface area contributed by atoms with E-state index in [9.17, 15) is 0 Å². The van der Waals surface area contributed by atoms with Crippen molar-refractivity contribution in [1.82, 2.24) is 15.0 Å². The summed E-state index contributed by atoms with van der Waals surface area (Å²) in [6, 6.07) is 79.1. The van der Waals surface area contributed by atoms with Gasteiger partial charge in [-0.05, 0) is 103 Å². The molecule has 0 unspecified atom stereocenters. The van der Waals surface area contributed by atoms with Crippen LogP contribution in [0.25, 0.3) is 101 Å². The van der Waals surface area contributed by atoms with E-state index in [4.69, 9.17) is 15.0 Å². The molecule has 10 aromatic rings. The maximum absolute atomic E-state index is 5.06. The molecule has 0 saturated carbocycles. The number of fused-ring (bicyclic) bond motifs is 1. The minimum atomic E-state index is 0.636. The second kappa shape index (κ2) is 15.4. The van der Waals surface area contributed by atoms with Gasteiger partial charge in [0, 0.05) is 16.7 Å². The standard InChI is InChI=1S/C55H37N3/c1-4-14-38(15-5-1)50-35-51(39-16-6-2-7-17-39)37-52(36-50)42-28-26-41(27-29-42)45-22-12-23-46(32-45)47-24-13-25-48(34-47)54-56-53(43-19-8-3-9-20-43)57-55(58-54)49-31-30-40-18-10-11-21-44(40)33-49/h1-37H. The lowest BCUT2D eigenvalue weighted by Crippen LogP contribution is -2.00. The largest absolute Gasteiger partial charge is 0.208 e. The van der Waals surface area contributed by atoms with Crippen molar-refractivity contribution >= 4 is 10.8 Å².